The molecule has 0 unspecified atom stereocenters. The molecule has 0 aromatic heterocycles. The number of carbonyl (C=O) groups excluding carboxylic acids is 2. The van der Waals surface area contributed by atoms with Gasteiger partial charge in [-0.1, -0.05) is 56.8 Å². The zero-order valence-electron chi connectivity index (χ0n) is 15.1. The van der Waals surface area contributed by atoms with E-state index in [0.29, 0.717) is 28.7 Å². The van der Waals surface area contributed by atoms with Gasteiger partial charge in [0.25, 0.3) is 11.8 Å². The molecule has 0 aliphatic carbocycles. The van der Waals surface area contributed by atoms with Gasteiger partial charge in [-0.25, -0.2) is 0 Å². The van der Waals surface area contributed by atoms with Crippen LogP contribution in [0.1, 0.15) is 30.1 Å². The van der Waals surface area contributed by atoms with E-state index in [1.54, 1.807) is 36.4 Å². The van der Waals surface area contributed by atoms with Crippen molar-refractivity contribution in [2.75, 3.05) is 13.2 Å². The Morgan fingerprint density at radius 3 is 2.36 bits per heavy atom. The Bertz CT molecular complexity index is 849. The van der Waals surface area contributed by atoms with E-state index in [2.05, 4.69) is 49.6 Å². The van der Waals surface area contributed by atoms with Gasteiger partial charge in [0.1, 0.15) is 11.5 Å². The number of hydrogen-bond donors (Lipinski definition) is 2. The average Bonchev–Trinajstić information content (AvgIpc) is 2.66. The maximum Gasteiger partial charge on any atom is 0.276 e. The van der Waals surface area contributed by atoms with Gasteiger partial charge < -0.3 is 9.47 Å². The van der Waals surface area contributed by atoms with E-state index in [-0.39, 0.29) is 6.61 Å². The number of unbranched alkanes of at least 4 members (excludes halogenated alkanes) is 1. The molecule has 2 N–H and O–H groups in total. The average molecular weight is 535 g/mol. The predicted octanol–water partition coefficient (Wildman–Crippen LogP) is 4.88. The highest BCUT2D eigenvalue weighted by molar-refractivity contribution is 9.10. The van der Waals surface area contributed by atoms with Crippen LogP contribution in [0.2, 0.25) is 5.02 Å². The molecule has 0 fully saturated rings. The van der Waals surface area contributed by atoms with E-state index in [1.807, 2.05) is 0 Å². The molecule has 0 bridgehead atoms. The molecule has 28 heavy (non-hydrogen) atoms. The Morgan fingerprint density at radius 2 is 1.68 bits per heavy atom. The van der Waals surface area contributed by atoms with Gasteiger partial charge in [0, 0.05) is 8.95 Å². The standard InChI is InChI=1S/C19H19Br2ClN2O4/c1-2-3-8-27-16-6-4-12(20)9-14(16)19(26)24-23-18(25)11-28-17-7-5-13(21)10-15(17)22/h4-7,9-10H,2-3,8,11H2,1H3,(H,23,25)(H,24,26). The number of carbonyl (C=O) groups is 2. The highest BCUT2D eigenvalue weighted by Crippen LogP contribution is 2.27. The summed E-state index contributed by atoms with van der Waals surface area (Å²) in [5.41, 5.74) is 4.97. The van der Waals surface area contributed by atoms with Crippen LogP contribution >= 0.6 is 43.5 Å². The van der Waals surface area contributed by atoms with Gasteiger partial charge in [-0.15, -0.1) is 0 Å². The molecule has 0 radical (unpaired) electrons. The minimum Gasteiger partial charge on any atom is -0.493 e. The molecule has 2 aromatic rings. The molecule has 6 nitrogen and oxygen atoms in total. The summed E-state index contributed by atoms with van der Waals surface area (Å²) < 4.78 is 12.5. The van der Waals surface area contributed by atoms with Gasteiger partial charge in [0.05, 0.1) is 17.2 Å². The van der Waals surface area contributed by atoms with Crippen LogP contribution in [-0.2, 0) is 4.79 Å². The van der Waals surface area contributed by atoms with Crippen LogP contribution < -0.4 is 20.3 Å². The number of halogens is 3. The molecular formula is C19H19Br2ClN2O4. The van der Waals surface area contributed by atoms with Crippen molar-refractivity contribution in [3.8, 4) is 11.5 Å². The zero-order valence-corrected chi connectivity index (χ0v) is 19.0. The van der Waals surface area contributed by atoms with Crippen LogP contribution in [-0.4, -0.2) is 25.0 Å². The molecule has 0 spiro atoms. The number of amides is 2. The maximum atomic E-state index is 12.4. The lowest BCUT2D eigenvalue weighted by molar-refractivity contribution is -0.123. The first-order valence-corrected chi connectivity index (χ1v) is 10.5. The van der Waals surface area contributed by atoms with Crippen molar-refractivity contribution in [3.05, 3.63) is 55.9 Å². The smallest absolute Gasteiger partial charge is 0.276 e. The van der Waals surface area contributed by atoms with Crippen LogP contribution in [0.5, 0.6) is 11.5 Å². The lowest BCUT2D eigenvalue weighted by Gasteiger charge is -2.13. The third kappa shape index (κ3) is 7.00. The third-order valence-corrected chi connectivity index (χ3v) is 4.79. The summed E-state index contributed by atoms with van der Waals surface area (Å²) in [4.78, 5) is 24.4. The molecule has 0 aliphatic heterocycles. The van der Waals surface area contributed by atoms with Crippen molar-refractivity contribution in [2.45, 2.75) is 19.8 Å². The van der Waals surface area contributed by atoms with Crippen molar-refractivity contribution in [1.82, 2.24) is 10.9 Å². The fourth-order valence-electron chi connectivity index (χ4n) is 2.10. The summed E-state index contributed by atoms with van der Waals surface area (Å²) in [5, 5.41) is 0.370. The van der Waals surface area contributed by atoms with E-state index in [4.69, 9.17) is 21.1 Å². The van der Waals surface area contributed by atoms with Crippen molar-refractivity contribution in [1.29, 1.82) is 0 Å². The first-order chi connectivity index (χ1) is 13.4. The van der Waals surface area contributed by atoms with Crippen molar-refractivity contribution in [2.24, 2.45) is 0 Å². The topological polar surface area (TPSA) is 76.7 Å². The number of hydrazine groups is 1. The summed E-state index contributed by atoms with van der Waals surface area (Å²) in [6, 6.07) is 10.2. The lowest BCUT2D eigenvalue weighted by atomic mass is 10.2. The second-order valence-corrected chi connectivity index (χ2v) is 7.95. The number of hydrogen-bond acceptors (Lipinski definition) is 4. The van der Waals surface area contributed by atoms with Crippen molar-refractivity contribution >= 4 is 55.3 Å². The lowest BCUT2D eigenvalue weighted by Crippen LogP contribution is -2.44. The maximum absolute atomic E-state index is 12.4. The van der Waals surface area contributed by atoms with Gasteiger partial charge in [-0.3, -0.25) is 20.4 Å². The molecule has 9 heteroatoms. The van der Waals surface area contributed by atoms with Crippen LogP contribution in [0.15, 0.2) is 45.3 Å². The molecule has 2 aromatic carbocycles. The number of rotatable bonds is 8. The number of benzene rings is 2. The molecule has 0 atom stereocenters. The Morgan fingerprint density at radius 1 is 1.00 bits per heavy atom. The van der Waals surface area contributed by atoms with E-state index in [0.717, 1.165) is 21.8 Å². The summed E-state index contributed by atoms with van der Waals surface area (Å²) in [7, 11) is 0. The normalized spacial score (nSPS) is 10.3. The number of nitrogens with one attached hydrogen (secondary N) is 2. The Labute approximate surface area is 185 Å². The first-order valence-electron chi connectivity index (χ1n) is 8.50. The summed E-state index contributed by atoms with van der Waals surface area (Å²) in [5.74, 6) is -0.218. The van der Waals surface area contributed by atoms with Gasteiger partial charge in [-0.2, -0.15) is 0 Å². The van der Waals surface area contributed by atoms with Crippen LogP contribution in [0, 0.1) is 0 Å². The molecule has 0 heterocycles. The minimum absolute atomic E-state index is 0.306. The second kappa shape index (κ2) is 11.3. The molecule has 150 valence electrons. The molecular weight excluding hydrogens is 515 g/mol. The fraction of sp³-hybridized carbons (Fsp3) is 0.263. The quantitative estimate of drug-likeness (QED) is 0.374. The van der Waals surface area contributed by atoms with Crippen LogP contribution in [0.4, 0.5) is 0 Å². The summed E-state index contributed by atoms with van der Waals surface area (Å²) in [6.07, 6.45) is 1.86. The van der Waals surface area contributed by atoms with Crippen molar-refractivity contribution < 1.29 is 19.1 Å². The van der Waals surface area contributed by atoms with Gasteiger partial charge in [-0.05, 0) is 42.8 Å². The Kier molecular flexibility index (Phi) is 9.08. The summed E-state index contributed by atoms with van der Waals surface area (Å²) in [6.45, 7) is 2.25. The van der Waals surface area contributed by atoms with Crippen LogP contribution in [0.3, 0.4) is 0 Å². The van der Waals surface area contributed by atoms with E-state index in [9.17, 15) is 9.59 Å². The van der Waals surface area contributed by atoms with Gasteiger partial charge >= 0.3 is 0 Å². The Hall–Kier alpha value is -1.77. The molecule has 0 saturated carbocycles. The van der Waals surface area contributed by atoms with Gasteiger partial charge in [0.15, 0.2) is 6.61 Å². The van der Waals surface area contributed by atoms with E-state index in [1.165, 1.54) is 0 Å². The largest absolute Gasteiger partial charge is 0.493 e. The van der Waals surface area contributed by atoms with Crippen LogP contribution in [0.25, 0.3) is 0 Å². The second-order valence-electron chi connectivity index (χ2n) is 5.71. The van der Waals surface area contributed by atoms with E-state index < -0.39 is 11.8 Å². The third-order valence-electron chi connectivity index (χ3n) is 3.51. The van der Waals surface area contributed by atoms with E-state index >= 15 is 0 Å². The zero-order chi connectivity index (χ0) is 20.5. The predicted molar refractivity (Wildman–Crippen MR) is 115 cm³/mol. The SMILES string of the molecule is CCCCOc1ccc(Br)cc1C(=O)NNC(=O)COc1ccc(Br)cc1Cl. The number of ether oxygens (including phenoxy) is 2. The monoisotopic (exact) mass is 532 g/mol. The highest BCUT2D eigenvalue weighted by Gasteiger charge is 2.15. The van der Waals surface area contributed by atoms with Gasteiger partial charge in [0.2, 0.25) is 0 Å². The molecule has 0 aliphatic rings. The molecule has 0 saturated heterocycles. The fourth-order valence-corrected chi connectivity index (χ4v) is 3.19. The molecule has 2 amide bonds. The summed E-state index contributed by atoms with van der Waals surface area (Å²) >= 11 is 12.6. The van der Waals surface area contributed by atoms with Crippen molar-refractivity contribution in [3.63, 3.8) is 0 Å². The minimum atomic E-state index is -0.532. The first kappa shape index (κ1) is 22.5. The highest BCUT2D eigenvalue weighted by atomic mass is 79.9. The Balaban J connectivity index is 1.90. The molecule has 2 rings (SSSR count).